The van der Waals surface area contributed by atoms with Gasteiger partial charge in [0.25, 0.3) is 6.43 Å². The zero-order chi connectivity index (χ0) is 10.7. The van der Waals surface area contributed by atoms with Crippen molar-refractivity contribution in [2.45, 2.75) is 12.5 Å². The molecular formula is C9H9F3O2. The van der Waals surface area contributed by atoms with Crippen LogP contribution in [0.5, 0.6) is 5.75 Å². The summed E-state index contributed by atoms with van der Waals surface area (Å²) in [6.45, 7) is 0. The fourth-order valence-electron chi connectivity index (χ4n) is 1.07. The maximum Gasteiger partial charge on any atom is 0.268 e. The summed E-state index contributed by atoms with van der Waals surface area (Å²) in [5, 5.41) is 9.04. The van der Waals surface area contributed by atoms with E-state index in [1.807, 2.05) is 0 Å². The van der Waals surface area contributed by atoms with Gasteiger partial charge < -0.3 is 9.84 Å². The summed E-state index contributed by atoms with van der Waals surface area (Å²) in [5.41, 5.74) is -0.248. The van der Waals surface area contributed by atoms with E-state index in [-0.39, 0.29) is 11.3 Å². The zero-order valence-electron chi connectivity index (χ0n) is 7.38. The highest BCUT2D eigenvalue weighted by atomic mass is 19.3. The molecule has 0 heterocycles. The second-order valence-electron chi connectivity index (χ2n) is 2.67. The minimum Gasteiger partial charge on any atom is -0.496 e. The van der Waals surface area contributed by atoms with Gasteiger partial charge in [-0.2, -0.15) is 0 Å². The molecule has 0 amide bonds. The van der Waals surface area contributed by atoms with Gasteiger partial charge in [-0.3, -0.25) is 0 Å². The van der Waals surface area contributed by atoms with Gasteiger partial charge in [-0.15, -0.1) is 0 Å². The monoisotopic (exact) mass is 206 g/mol. The van der Waals surface area contributed by atoms with Crippen LogP contribution in [0.1, 0.15) is 11.7 Å². The molecule has 1 aromatic carbocycles. The molecule has 1 rings (SSSR count). The Morgan fingerprint density at radius 1 is 1.36 bits per heavy atom. The Morgan fingerprint density at radius 2 is 2.00 bits per heavy atom. The molecule has 0 aliphatic carbocycles. The molecular weight excluding hydrogens is 197 g/mol. The molecule has 1 aromatic rings. The second-order valence-corrected chi connectivity index (χ2v) is 2.67. The Labute approximate surface area is 78.9 Å². The van der Waals surface area contributed by atoms with E-state index >= 15 is 0 Å². The number of methoxy groups -OCH3 is 1. The number of rotatable bonds is 3. The molecule has 0 saturated heterocycles. The van der Waals surface area contributed by atoms with E-state index in [1.54, 1.807) is 0 Å². The number of benzene rings is 1. The van der Waals surface area contributed by atoms with E-state index in [4.69, 9.17) is 9.84 Å². The molecule has 0 spiro atoms. The predicted molar refractivity (Wildman–Crippen MR) is 43.9 cm³/mol. The second kappa shape index (κ2) is 4.32. The Hall–Kier alpha value is -1.23. The lowest BCUT2D eigenvalue weighted by Crippen LogP contribution is -2.09. The number of aliphatic hydroxyl groups excluding tert-OH is 1. The first-order chi connectivity index (χ1) is 6.56. The number of hydrogen-bond donors (Lipinski definition) is 1. The molecule has 1 atom stereocenters. The molecule has 0 saturated carbocycles. The van der Waals surface area contributed by atoms with Gasteiger partial charge in [-0.1, -0.05) is 0 Å². The SMILES string of the molecule is COc1ccc(F)cc1C(O)C(F)F. The number of alkyl halides is 2. The third kappa shape index (κ3) is 2.17. The Balaban J connectivity index is 3.10. The lowest BCUT2D eigenvalue weighted by atomic mass is 10.1. The van der Waals surface area contributed by atoms with Crippen molar-refractivity contribution in [1.82, 2.24) is 0 Å². The quantitative estimate of drug-likeness (QED) is 0.820. The van der Waals surface area contributed by atoms with Gasteiger partial charge in [-0.25, -0.2) is 13.2 Å². The molecule has 14 heavy (non-hydrogen) atoms. The normalized spacial score (nSPS) is 13.0. The Morgan fingerprint density at radius 3 is 2.50 bits per heavy atom. The van der Waals surface area contributed by atoms with Gasteiger partial charge in [0.05, 0.1) is 7.11 Å². The first-order valence-corrected chi connectivity index (χ1v) is 3.86. The lowest BCUT2D eigenvalue weighted by Gasteiger charge is -2.13. The van der Waals surface area contributed by atoms with Crippen LogP contribution < -0.4 is 4.74 Å². The van der Waals surface area contributed by atoms with Gasteiger partial charge in [0.2, 0.25) is 0 Å². The fourth-order valence-corrected chi connectivity index (χ4v) is 1.07. The van der Waals surface area contributed by atoms with Crippen LogP contribution in [-0.2, 0) is 0 Å². The molecule has 0 bridgehead atoms. The van der Waals surface area contributed by atoms with Crippen LogP contribution in [0.25, 0.3) is 0 Å². The highest BCUT2D eigenvalue weighted by Gasteiger charge is 2.23. The molecule has 1 N–H and O–H groups in total. The summed E-state index contributed by atoms with van der Waals surface area (Å²) < 4.78 is 41.7. The molecule has 0 aliphatic rings. The maximum absolute atomic E-state index is 12.7. The predicted octanol–water partition coefficient (Wildman–Crippen LogP) is 2.13. The third-order valence-corrected chi connectivity index (χ3v) is 1.75. The van der Waals surface area contributed by atoms with Crippen molar-refractivity contribution in [2.24, 2.45) is 0 Å². The van der Waals surface area contributed by atoms with Crippen LogP contribution in [0, 0.1) is 5.82 Å². The summed E-state index contributed by atoms with van der Waals surface area (Å²) in [4.78, 5) is 0. The third-order valence-electron chi connectivity index (χ3n) is 1.75. The van der Waals surface area contributed by atoms with Crippen LogP contribution in [-0.4, -0.2) is 18.6 Å². The Kier molecular flexibility index (Phi) is 3.35. The molecule has 5 heteroatoms. The summed E-state index contributed by atoms with van der Waals surface area (Å²) in [5.74, 6) is -0.653. The highest BCUT2D eigenvalue weighted by Crippen LogP contribution is 2.29. The fraction of sp³-hybridized carbons (Fsp3) is 0.333. The number of aliphatic hydroxyl groups is 1. The van der Waals surface area contributed by atoms with Gasteiger partial charge in [0, 0.05) is 5.56 Å². The minimum atomic E-state index is -2.97. The first-order valence-electron chi connectivity index (χ1n) is 3.86. The van der Waals surface area contributed by atoms with E-state index in [9.17, 15) is 13.2 Å². The van der Waals surface area contributed by atoms with Gasteiger partial charge >= 0.3 is 0 Å². The summed E-state index contributed by atoms with van der Waals surface area (Å²) in [6.07, 6.45) is -4.99. The first kappa shape index (κ1) is 10.8. The van der Waals surface area contributed by atoms with Gasteiger partial charge in [0.1, 0.15) is 17.7 Å². The molecule has 2 nitrogen and oxygen atoms in total. The average molecular weight is 206 g/mol. The van der Waals surface area contributed by atoms with Crippen LogP contribution in [0.3, 0.4) is 0 Å². The molecule has 1 unspecified atom stereocenters. The number of hydrogen-bond acceptors (Lipinski definition) is 2. The van der Waals surface area contributed by atoms with Crippen LogP contribution in [0.15, 0.2) is 18.2 Å². The molecule has 0 aliphatic heterocycles. The van der Waals surface area contributed by atoms with Crippen LogP contribution in [0.2, 0.25) is 0 Å². The molecule has 0 aromatic heterocycles. The van der Waals surface area contributed by atoms with E-state index in [0.29, 0.717) is 0 Å². The number of ether oxygens (including phenoxy) is 1. The van der Waals surface area contributed by atoms with Gasteiger partial charge in [-0.05, 0) is 18.2 Å². The van der Waals surface area contributed by atoms with Crippen LogP contribution in [0.4, 0.5) is 13.2 Å². The largest absolute Gasteiger partial charge is 0.496 e. The van der Waals surface area contributed by atoms with Crippen molar-refractivity contribution >= 4 is 0 Å². The van der Waals surface area contributed by atoms with Crippen molar-refractivity contribution in [1.29, 1.82) is 0 Å². The maximum atomic E-state index is 12.7. The van der Waals surface area contributed by atoms with E-state index < -0.39 is 18.3 Å². The van der Waals surface area contributed by atoms with Crippen molar-refractivity contribution < 1.29 is 23.0 Å². The van der Waals surface area contributed by atoms with Crippen molar-refractivity contribution in [3.8, 4) is 5.75 Å². The zero-order valence-corrected chi connectivity index (χ0v) is 7.38. The van der Waals surface area contributed by atoms with E-state index in [2.05, 4.69) is 0 Å². The van der Waals surface area contributed by atoms with Crippen molar-refractivity contribution in [3.63, 3.8) is 0 Å². The van der Waals surface area contributed by atoms with Crippen molar-refractivity contribution in [3.05, 3.63) is 29.6 Å². The minimum absolute atomic E-state index is 0.0409. The smallest absolute Gasteiger partial charge is 0.268 e. The molecule has 0 fully saturated rings. The van der Waals surface area contributed by atoms with Gasteiger partial charge in [0.15, 0.2) is 0 Å². The van der Waals surface area contributed by atoms with E-state index in [1.165, 1.54) is 13.2 Å². The topological polar surface area (TPSA) is 29.5 Å². The standard InChI is InChI=1S/C9H9F3O2/c1-14-7-3-2-5(10)4-6(7)8(13)9(11)12/h2-4,8-9,13H,1H3. The van der Waals surface area contributed by atoms with Crippen LogP contribution >= 0.6 is 0 Å². The molecule has 0 radical (unpaired) electrons. The lowest BCUT2D eigenvalue weighted by molar-refractivity contribution is -0.00713. The summed E-state index contributed by atoms with van der Waals surface area (Å²) in [7, 11) is 1.26. The van der Waals surface area contributed by atoms with Crippen molar-refractivity contribution in [2.75, 3.05) is 7.11 Å². The molecule has 78 valence electrons. The average Bonchev–Trinajstić information content (AvgIpc) is 2.16. The summed E-state index contributed by atoms with van der Waals surface area (Å²) in [6, 6.07) is 3.09. The Bertz CT molecular complexity index is 315. The summed E-state index contributed by atoms with van der Waals surface area (Å²) >= 11 is 0. The number of halogens is 3. The highest BCUT2D eigenvalue weighted by molar-refractivity contribution is 5.35. The van der Waals surface area contributed by atoms with E-state index in [0.717, 1.165) is 12.1 Å².